The molecule has 1 aliphatic heterocycles. The van der Waals surface area contributed by atoms with Gasteiger partial charge in [-0.2, -0.15) is 0 Å². The van der Waals surface area contributed by atoms with Gasteiger partial charge in [0.2, 0.25) is 5.91 Å². The smallest absolute Gasteiger partial charge is 0.249 e. The monoisotopic (exact) mass is 1230 g/mol. The van der Waals surface area contributed by atoms with E-state index in [1.165, 1.54) is 308 Å². The van der Waals surface area contributed by atoms with Crippen molar-refractivity contribution >= 4 is 5.91 Å². The summed E-state index contributed by atoms with van der Waals surface area (Å²) < 4.78 is 11.2. The molecule has 87 heavy (non-hydrogen) atoms. The van der Waals surface area contributed by atoms with E-state index in [1.54, 1.807) is 0 Å². The van der Waals surface area contributed by atoms with E-state index in [0.29, 0.717) is 12.8 Å². The maximum Gasteiger partial charge on any atom is 0.249 e. The Morgan fingerprint density at radius 1 is 0.391 bits per heavy atom. The lowest BCUT2D eigenvalue weighted by Gasteiger charge is -2.40. The summed E-state index contributed by atoms with van der Waals surface area (Å²) in [5.74, 6) is -0.699. The van der Waals surface area contributed by atoms with E-state index in [0.717, 1.165) is 38.5 Å². The second-order valence-electron chi connectivity index (χ2n) is 27.1. The molecule has 9 atom stereocenters. The highest BCUT2D eigenvalue weighted by Crippen LogP contribution is 2.24. The van der Waals surface area contributed by atoms with Gasteiger partial charge in [-0.3, -0.25) is 4.79 Å². The highest BCUT2D eigenvalue weighted by Gasteiger charge is 2.44. The molecule has 11 heteroatoms. The van der Waals surface area contributed by atoms with Gasteiger partial charge in [0.15, 0.2) is 6.29 Å². The van der Waals surface area contributed by atoms with Crippen LogP contribution in [0.15, 0.2) is 24.3 Å². The first-order chi connectivity index (χ1) is 42.7. The molecule has 8 N–H and O–H groups in total. The third-order valence-electron chi connectivity index (χ3n) is 18.7. The lowest BCUT2D eigenvalue weighted by atomic mass is 9.98. The van der Waals surface area contributed by atoms with Gasteiger partial charge < -0.3 is 50.5 Å². The second-order valence-corrected chi connectivity index (χ2v) is 27.1. The van der Waals surface area contributed by atoms with Crippen molar-refractivity contribution in [1.29, 1.82) is 0 Å². The lowest BCUT2D eigenvalue weighted by molar-refractivity contribution is -0.303. The molecule has 1 amide bonds. The average molecular weight is 1240 g/mol. The molecule has 1 heterocycles. The third-order valence-corrected chi connectivity index (χ3v) is 18.7. The molecule has 516 valence electrons. The van der Waals surface area contributed by atoms with Crippen LogP contribution in [0.1, 0.15) is 386 Å². The van der Waals surface area contributed by atoms with Gasteiger partial charge in [0.1, 0.15) is 36.6 Å². The highest BCUT2D eigenvalue weighted by atomic mass is 16.7. The zero-order chi connectivity index (χ0) is 63.1. The predicted octanol–water partition coefficient (Wildman–Crippen LogP) is 19.1. The summed E-state index contributed by atoms with van der Waals surface area (Å²) in [6.45, 7) is 3.51. The Balaban J connectivity index is 2.14. The molecule has 9 unspecified atom stereocenters. The molecule has 0 aromatic carbocycles. The fourth-order valence-electron chi connectivity index (χ4n) is 12.6. The van der Waals surface area contributed by atoms with Gasteiger partial charge in [0.25, 0.3) is 0 Å². The standard InChI is InChI=1S/C76H147NO10/c1-3-5-7-9-11-13-15-17-19-21-23-25-27-29-30-31-32-33-34-35-36-37-38-39-40-42-44-46-48-50-52-54-56-58-60-62-64-69(80)75(85)77-67(66-86-76-74(84)73(83)72(82)70(65-78)87-76)71(81)68(79)63-61-59-57-55-53-51-49-47-45-43-41-28-26-24-22-20-18-16-14-12-10-8-6-4-2/h33-34,55,57,67-74,76,78-84H,3-32,35-54,56,58-66H2,1-2H3,(H,77,85)/b34-33-,57-55+. The van der Waals surface area contributed by atoms with Crippen LogP contribution in [-0.4, -0.2) is 110 Å². The summed E-state index contributed by atoms with van der Waals surface area (Å²) in [5.41, 5.74) is 0. The number of aliphatic hydroxyl groups excluding tert-OH is 7. The molecule has 0 saturated carbocycles. The first kappa shape index (κ1) is 83.6. The Morgan fingerprint density at radius 3 is 0.989 bits per heavy atom. The molecule has 0 aromatic rings. The van der Waals surface area contributed by atoms with Gasteiger partial charge in [-0.1, -0.05) is 346 Å². The number of ether oxygens (including phenoxy) is 2. The molecule has 1 rings (SSSR count). The summed E-state index contributed by atoms with van der Waals surface area (Å²) in [7, 11) is 0. The summed E-state index contributed by atoms with van der Waals surface area (Å²) in [5, 5.41) is 76.6. The van der Waals surface area contributed by atoms with E-state index in [2.05, 4.69) is 43.5 Å². The van der Waals surface area contributed by atoms with E-state index >= 15 is 0 Å². The van der Waals surface area contributed by atoms with Crippen molar-refractivity contribution in [3.05, 3.63) is 24.3 Å². The minimum Gasteiger partial charge on any atom is -0.394 e. The maximum absolute atomic E-state index is 13.3. The number of amides is 1. The van der Waals surface area contributed by atoms with Crippen LogP contribution in [0.2, 0.25) is 0 Å². The first-order valence-corrected chi connectivity index (χ1v) is 38.2. The fourth-order valence-corrected chi connectivity index (χ4v) is 12.6. The predicted molar refractivity (Wildman–Crippen MR) is 367 cm³/mol. The second kappa shape index (κ2) is 64.7. The summed E-state index contributed by atoms with van der Waals surface area (Å²) in [6, 6.07) is -1.18. The minimum atomic E-state index is -1.67. The fraction of sp³-hybridized carbons (Fsp3) is 0.934. The topological polar surface area (TPSA) is 189 Å². The molecule has 11 nitrogen and oxygen atoms in total. The van der Waals surface area contributed by atoms with Gasteiger partial charge in [-0.05, 0) is 64.2 Å². The largest absolute Gasteiger partial charge is 0.394 e. The molecular weight excluding hydrogens is 1090 g/mol. The summed E-state index contributed by atoms with van der Waals surface area (Å²) in [4.78, 5) is 13.3. The summed E-state index contributed by atoms with van der Waals surface area (Å²) >= 11 is 0. The van der Waals surface area contributed by atoms with Crippen LogP contribution in [0.25, 0.3) is 0 Å². The SMILES string of the molecule is CCCCCCCCCCCCCCCCCC/C=C\CCCCCCCCCCCCCCCCCCC(O)C(=O)NC(COC1OC(CO)C(O)C(O)C1O)C(O)C(O)CCC/C=C/CCCCCCCCCCCCCCCCCCCCC. The molecular formula is C76H147NO10. The van der Waals surface area contributed by atoms with Gasteiger partial charge in [0.05, 0.1) is 25.4 Å². The zero-order valence-electron chi connectivity index (χ0n) is 57.3. The van der Waals surface area contributed by atoms with E-state index in [9.17, 15) is 40.5 Å². The number of hydrogen-bond donors (Lipinski definition) is 8. The van der Waals surface area contributed by atoms with Crippen LogP contribution in [0.5, 0.6) is 0 Å². The first-order valence-electron chi connectivity index (χ1n) is 38.2. The van der Waals surface area contributed by atoms with Gasteiger partial charge >= 0.3 is 0 Å². The van der Waals surface area contributed by atoms with Crippen molar-refractivity contribution in [3.8, 4) is 0 Å². The van der Waals surface area contributed by atoms with E-state index in [1.807, 2.05) is 0 Å². The Labute approximate surface area is 537 Å². The third kappa shape index (κ3) is 51.8. The Morgan fingerprint density at radius 2 is 0.678 bits per heavy atom. The van der Waals surface area contributed by atoms with Gasteiger partial charge in [-0.25, -0.2) is 0 Å². The van der Waals surface area contributed by atoms with Crippen molar-refractivity contribution in [2.45, 2.75) is 441 Å². The Kier molecular flexibility index (Phi) is 62.2. The van der Waals surface area contributed by atoms with Crippen molar-refractivity contribution in [2.75, 3.05) is 13.2 Å². The number of unbranched alkanes of at least 4 members (excludes halogenated alkanes) is 52. The van der Waals surface area contributed by atoms with Crippen LogP contribution in [-0.2, 0) is 14.3 Å². The number of rotatable bonds is 68. The van der Waals surface area contributed by atoms with Crippen LogP contribution in [0.4, 0.5) is 0 Å². The summed E-state index contributed by atoms with van der Waals surface area (Å²) in [6.07, 6.45) is 71.5. The number of allylic oxidation sites excluding steroid dienone is 4. The molecule has 0 spiro atoms. The normalized spacial score (nSPS) is 18.7. The quantitative estimate of drug-likeness (QED) is 0.0215. The molecule has 1 fully saturated rings. The molecule has 0 aliphatic carbocycles. The van der Waals surface area contributed by atoms with Crippen molar-refractivity contribution in [2.24, 2.45) is 0 Å². The number of nitrogens with one attached hydrogen (secondary N) is 1. The van der Waals surface area contributed by atoms with Crippen molar-refractivity contribution < 1.29 is 50.0 Å². The van der Waals surface area contributed by atoms with Gasteiger partial charge in [-0.15, -0.1) is 0 Å². The number of carbonyl (C=O) groups is 1. The Hall–Kier alpha value is -1.41. The van der Waals surface area contributed by atoms with E-state index in [-0.39, 0.29) is 12.8 Å². The average Bonchev–Trinajstić information content (AvgIpc) is 1.97. The lowest BCUT2D eigenvalue weighted by Crippen LogP contribution is -2.60. The van der Waals surface area contributed by atoms with Crippen molar-refractivity contribution in [1.82, 2.24) is 5.32 Å². The number of aliphatic hydroxyl groups is 7. The maximum atomic E-state index is 13.3. The molecule has 0 radical (unpaired) electrons. The molecule has 0 bridgehead atoms. The van der Waals surface area contributed by atoms with Gasteiger partial charge in [0, 0.05) is 0 Å². The highest BCUT2D eigenvalue weighted by molar-refractivity contribution is 5.80. The van der Waals surface area contributed by atoms with E-state index in [4.69, 9.17) is 9.47 Å². The zero-order valence-corrected chi connectivity index (χ0v) is 57.3. The van der Waals surface area contributed by atoms with Crippen LogP contribution in [0.3, 0.4) is 0 Å². The van der Waals surface area contributed by atoms with Crippen LogP contribution < -0.4 is 5.32 Å². The van der Waals surface area contributed by atoms with Crippen LogP contribution >= 0.6 is 0 Å². The van der Waals surface area contributed by atoms with Crippen LogP contribution in [0, 0.1) is 0 Å². The minimum absolute atomic E-state index is 0.258. The molecule has 1 saturated heterocycles. The van der Waals surface area contributed by atoms with Crippen molar-refractivity contribution in [3.63, 3.8) is 0 Å². The van der Waals surface area contributed by atoms with E-state index < -0.39 is 74.2 Å². The number of hydrogen-bond acceptors (Lipinski definition) is 10. The Bertz CT molecular complexity index is 1460. The molecule has 0 aromatic heterocycles. The number of carbonyl (C=O) groups excluding carboxylic acids is 1. The molecule has 1 aliphatic rings.